The molecule has 0 amide bonds. The molecular weight excluding hydrogens is 356 g/mol. The molecule has 0 unspecified atom stereocenters. The number of nitrogens with two attached hydrogens (primary N) is 1. The first-order valence-corrected chi connectivity index (χ1v) is 9.66. The van der Waals surface area contributed by atoms with Crippen LogP contribution in [0.25, 0.3) is 6.08 Å². The molecule has 0 atom stereocenters. The molecule has 1 aliphatic heterocycles. The molecule has 1 aromatic carbocycles. The highest BCUT2D eigenvalue weighted by Crippen LogP contribution is 2.45. The van der Waals surface area contributed by atoms with Crippen LogP contribution in [-0.4, -0.2) is 27.2 Å². The second kappa shape index (κ2) is 6.17. The molecule has 2 aromatic rings. The van der Waals surface area contributed by atoms with Gasteiger partial charge in [0.1, 0.15) is 9.96 Å². The molecular formula is C14H14N2O4S3. The molecule has 1 aliphatic rings. The molecule has 3 N–H and O–H groups in total. The number of primary sulfonamides is 1. The van der Waals surface area contributed by atoms with Crippen molar-refractivity contribution in [2.24, 2.45) is 5.14 Å². The maximum Gasteiger partial charge on any atom is 0.247 e. The van der Waals surface area contributed by atoms with Crippen molar-refractivity contribution in [3.8, 4) is 5.75 Å². The number of thiophene rings is 1. The smallest absolute Gasteiger partial charge is 0.247 e. The number of aliphatic hydroxyl groups excluding tert-OH is 1. The van der Waals surface area contributed by atoms with Crippen molar-refractivity contribution < 1.29 is 18.3 Å². The third kappa shape index (κ3) is 3.24. The Balaban J connectivity index is 2.03. The molecule has 0 saturated heterocycles. The van der Waals surface area contributed by atoms with E-state index in [9.17, 15) is 13.5 Å². The van der Waals surface area contributed by atoms with Gasteiger partial charge in [-0.3, -0.25) is 4.31 Å². The second-order valence-electron chi connectivity index (χ2n) is 4.73. The molecule has 1 aromatic heterocycles. The third-order valence-corrected chi connectivity index (χ3v) is 7.06. The Labute approximate surface area is 142 Å². The van der Waals surface area contributed by atoms with Crippen molar-refractivity contribution in [1.82, 2.24) is 0 Å². The van der Waals surface area contributed by atoms with Crippen molar-refractivity contribution in [3.05, 3.63) is 41.6 Å². The van der Waals surface area contributed by atoms with Crippen molar-refractivity contribution in [2.75, 3.05) is 18.0 Å². The molecule has 0 bridgehead atoms. The largest absolute Gasteiger partial charge is 0.497 e. The van der Waals surface area contributed by atoms with E-state index in [0.717, 1.165) is 26.8 Å². The third-order valence-electron chi connectivity index (χ3n) is 3.19. The average molecular weight is 370 g/mol. The number of hydrogen-bond acceptors (Lipinski definition) is 7. The first-order chi connectivity index (χ1) is 10.9. The van der Waals surface area contributed by atoms with Crippen LogP contribution in [0, 0.1) is 0 Å². The lowest BCUT2D eigenvalue weighted by Gasteiger charge is -2.28. The van der Waals surface area contributed by atoms with Gasteiger partial charge in [0.15, 0.2) is 0 Å². The number of rotatable bonds is 4. The van der Waals surface area contributed by atoms with E-state index >= 15 is 0 Å². The van der Waals surface area contributed by atoms with Crippen molar-refractivity contribution in [1.29, 1.82) is 0 Å². The van der Waals surface area contributed by atoms with E-state index in [1.165, 1.54) is 18.0 Å². The second-order valence-corrected chi connectivity index (χ2v) is 8.79. The van der Waals surface area contributed by atoms with Gasteiger partial charge in [-0.2, -0.15) is 0 Å². The fraction of sp³-hybridized carbons (Fsp3) is 0.143. The number of aliphatic hydroxyl groups is 1. The zero-order valence-electron chi connectivity index (χ0n) is 12.1. The Morgan fingerprint density at radius 1 is 1.35 bits per heavy atom. The molecule has 0 saturated carbocycles. The van der Waals surface area contributed by atoms with Crippen LogP contribution in [0.15, 0.2) is 44.4 Å². The van der Waals surface area contributed by atoms with Crippen LogP contribution < -0.4 is 14.2 Å². The lowest BCUT2D eigenvalue weighted by atomic mass is 10.2. The number of sulfonamides is 1. The number of hydrogen-bond donors (Lipinski definition) is 2. The topological polar surface area (TPSA) is 92.9 Å². The minimum Gasteiger partial charge on any atom is -0.497 e. The monoisotopic (exact) mass is 370 g/mol. The Morgan fingerprint density at radius 2 is 2.13 bits per heavy atom. The first-order valence-electron chi connectivity index (χ1n) is 6.52. The molecule has 122 valence electrons. The van der Waals surface area contributed by atoms with Gasteiger partial charge in [0.25, 0.3) is 0 Å². The summed E-state index contributed by atoms with van der Waals surface area (Å²) in [5.74, 6) is 0.697. The van der Waals surface area contributed by atoms with Gasteiger partial charge < -0.3 is 9.84 Å². The lowest BCUT2D eigenvalue weighted by molar-refractivity contribution is 0.331. The van der Waals surface area contributed by atoms with Gasteiger partial charge in [-0.05, 0) is 24.3 Å². The summed E-state index contributed by atoms with van der Waals surface area (Å²) in [6.45, 7) is -0.176. The number of methoxy groups -OCH3 is 1. The highest BCUT2D eigenvalue weighted by molar-refractivity contribution is 8.03. The van der Waals surface area contributed by atoms with Crippen LogP contribution in [0.5, 0.6) is 5.75 Å². The maximum absolute atomic E-state index is 11.5. The molecule has 0 radical (unpaired) electrons. The Morgan fingerprint density at radius 3 is 2.78 bits per heavy atom. The van der Waals surface area contributed by atoms with E-state index in [4.69, 9.17) is 9.88 Å². The quantitative estimate of drug-likeness (QED) is 0.802. The van der Waals surface area contributed by atoms with Crippen LogP contribution >= 0.6 is 23.3 Å². The highest BCUT2D eigenvalue weighted by Gasteiger charge is 2.25. The Hall–Kier alpha value is -1.52. The normalized spacial score (nSPS) is 14.4. The Bertz CT molecular complexity index is 874. The van der Waals surface area contributed by atoms with E-state index in [2.05, 4.69) is 0 Å². The summed E-state index contributed by atoms with van der Waals surface area (Å²) in [7, 11) is -2.15. The predicted molar refractivity (Wildman–Crippen MR) is 92.1 cm³/mol. The van der Waals surface area contributed by atoms with Gasteiger partial charge >= 0.3 is 0 Å². The first kappa shape index (κ1) is 16.3. The standard InChI is InChI=1S/C14H14N2O4S3/c1-20-12-4-2-3-10(7-12)16-11(8-17)5-9-6-13(23(15,18)19)21-14(9)22-16/h2-7,17H,8H2,1H3,(H2,15,18,19). The van der Waals surface area contributed by atoms with E-state index < -0.39 is 10.0 Å². The van der Waals surface area contributed by atoms with Gasteiger partial charge in [-0.15, -0.1) is 11.3 Å². The summed E-state index contributed by atoms with van der Waals surface area (Å²) in [5, 5.41) is 14.8. The maximum atomic E-state index is 11.5. The summed E-state index contributed by atoms with van der Waals surface area (Å²) in [6, 6.07) is 8.94. The lowest BCUT2D eigenvalue weighted by Crippen LogP contribution is -2.18. The Kier molecular flexibility index (Phi) is 4.39. The fourth-order valence-electron chi connectivity index (χ4n) is 2.12. The SMILES string of the molecule is COc1cccc(N2Sc3sc(S(N)(=O)=O)cc3C=C2CO)c1. The predicted octanol–water partition coefficient (Wildman–Crippen LogP) is 2.26. The van der Waals surface area contributed by atoms with Gasteiger partial charge in [-0.25, -0.2) is 13.6 Å². The molecule has 23 heavy (non-hydrogen) atoms. The number of nitrogens with zero attached hydrogens (tertiary/aromatic N) is 1. The number of fused-ring (bicyclic) bond motifs is 1. The number of ether oxygens (including phenoxy) is 1. The summed E-state index contributed by atoms with van der Waals surface area (Å²) >= 11 is 2.46. The van der Waals surface area contributed by atoms with E-state index in [-0.39, 0.29) is 10.8 Å². The minimum absolute atomic E-state index is 0.107. The highest BCUT2D eigenvalue weighted by atomic mass is 32.3. The van der Waals surface area contributed by atoms with Crippen LogP contribution in [0.1, 0.15) is 5.56 Å². The summed E-state index contributed by atoms with van der Waals surface area (Å²) in [6.07, 6.45) is 1.76. The van der Waals surface area contributed by atoms with Gasteiger partial charge in [0, 0.05) is 23.6 Å². The molecule has 0 aliphatic carbocycles. The zero-order chi connectivity index (χ0) is 16.6. The summed E-state index contributed by atoms with van der Waals surface area (Å²) in [5.41, 5.74) is 2.22. The van der Waals surface area contributed by atoms with Crippen molar-refractivity contribution in [2.45, 2.75) is 8.42 Å². The van der Waals surface area contributed by atoms with Crippen LogP contribution in [0.3, 0.4) is 0 Å². The zero-order valence-corrected chi connectivity index (χ0v) is 14.5. The number of benzene rings is 1. The van der Waals surface area contributed by atoms with Gasteiger partial charge in [0.2, 0.25) is 10.0 Å². The molecule has 9 heteroatoms. The minimum atomic E-state index is -3.74. The molecule has 3 rings (SSSR count). The van der Waals surface area contributed by atoms with Crippen molar-refractivity contribution in [3.63, 3.8) is 0 Å². The van der Waals surface area contributed by atoms with Crippen LogP contribution in [-0.2, 0) is 10.0 Å². The fourth-order valence-corrected chi connectivity index (χ4v) is 5.37. The van der Waals surface area contributed by atoms with E-state index in [0.29, 0.717) is 11.4 Å². The average Bonchev–Trinajstić information content (AvgIpc) is 2.96. The van der Waals surface area contributed by atoms with E-state index in [1.54, 1.807) is 13.2 Å². The van der Waals surface area contributed by atoms with E-state index in [1.807, 2.05) is 28.6 Å². The van der Waals surface area contributed by atoms with Crippen LogP contribution in [0.4, 0.5) is 5.69 Å². The van der Waals surface area contributed by atoms with Crippen LogP contribution in [0.2, 0.25) is 0 Å². The molecule has 0 fully saturated rings. The summed E-state index contributed by atoms with van der Waals surface area (Å²) in [4.78, 5) is 0. The molecule has 6 nitrogen and oxygen atoms in total. The van der Waals surface area contributed by atoms with Gasteiger partial charge in [-0.1, -0.05) is 6.07 Å². The molecule has 0 spiro atoms. The number of anilines is 1. The summed E-state index contributed by atoms with van der Waals surface area (Å²) < 4.78 is 31.0. The molecule has 2 heterocycles. The van der Waals surface area contributed by atoms with Gasteiger partial charge in [0.05, 0.1) is 29.3 Å². The van der Waals surface area contributed by atoms with Crippen molar-refractivity contribution >= 4 is 45.1 Å².